The molecule has 2 heterocycles. The summed E-state index contributed by atoms with van der Waals surface area (Å²) in [4.78, 5) is 22.5. The molecule has 9 heteroatoms. The topological polar surface area (TPSA) is 114 Å². The van der Waals surface area contributed by atoms with Crippen LogP contribution in [0.5, 0.6) is 0 Å². The third-order valence-corrected chi connectivity index (χ3v) is 4.81. The van der Waals surface area contributed by atoms with Crippen molar-refractivity contribution < 1.29 is 14.6 Å². The fourth-order valence-electron chi connectivity index (χ4n) is 3.23. The van der Waals surface area contributed by atoms with Gasteiger partial charge >= 0.3 is 0 Å². The number of nitrogens with zero attached hydrogens (tertiary/aromatic N) is 3. The third kappa shape index (κ3) is 4.89. The molecule has 1 aromatic heterocycles. The lowest BCUT2D eigenvalue weighted by Gasteiger charge is -2.31. The summed E-state index contributed by atoms with van der Waals surface area (Å²) in [5.74, 6) is 0.672. The number of benzene rings is 1. The number of carbonyl (C=O) groups is 1. The summed E-state index contributed by atoms with van der Waals surface area (Å²) < 4.78 is 5.79. The van der Waals surface area contributed by atoms with Gasteiger partial charge in [0.05, 0.1) is 25.7 Å². The number of hydrogen-bond donors (Lipinski definition) is 3. The second kappa shape index (κ2) is 9.18. The summed E-state index contributed by atoms with van der Waals surface area (Å²) in [5, 5.41) is 12.3. The number of halogens is 1. The first-order valence-corrected chi connectivity index (χ1v) is 9.51. The van der Waals surface area contributed by atoms with Gasteiger partial charge in [0.15, 0.2) is 0 Å². The molecule has 0 aliphatic carbocycles. The number of amides is 1. The van der Waals surface area contributed by atoms with Gasteiger partial charge in [-0.15, -0.1) is 0 Å². The Balaban J connectivity index is 1.96. The molecular weight excluding hydrogens is 382 g/mol. The van der Waals surface area contributed by atoms with Crippen molar-refractivity contribution in [1.82, 2.24) is 9.97 Å². The molecule has 1 saturated heterocycles. The highest BCUT2D eigenvalue weighted by atomic mass is 35.5. The van der Waals surface area contributed by atoms with Gasteiger partial charge in [-0.1, -0.05) is 11.6 Å². The summed E-state index contributed by atoms with van der Waals surface area (Å²) in [5.41, 5.74) is 8.06. The van der Waals surface area contributed by atoms with Crippen LogP contribution in [0.15, 0.2) is 24.3 Å². The van der Waals surface area contributed by atoms with Gasteiger partial charge in [-0.05, 0) is 37.1 Å². The largest absolute Gasteiger partial charge is 0.396 e. The smallest absolute Gasteiger partial charge is 0.226 e. The number of hydrogen-bond acceptors (Lipinski definition) is 7. The van der Waals surface area contributed by atoms with Gasteiger partial charge in [-0.2, -0.15) is 4.98 Å². The second-order valence-corrected chi connectivity index (χ2v) is 7.03. The van der Waals surface area contributed by atoms with Gasteiger partial charge in [-0.3, -0.25) is 4.79 Å². The third-order valence-electron chi connectivity index (χ3n) is 4.47. The van der Waals surface area contributed by atoms with Gasteiger partial charge in [-0.25, -0.2) is 4.98 Å². The lowest BCUT2D eigenvalue weighted by molar-refractivity contribution is -0.116. The molecule has 1 aliphatic rings. The highest BCUT2D eigenvalue weighted by molar-refractivity contribution is 6.31. The van der Waals surface area contributed by atoms with E-state index in [1.807, 2.05) is 19.1 Å². The minimum absolute atomic E-state index is 0.0378. The number of aromatic nitrogens is 2. The maximum atomic E-state index is 11.8. The Bertz CT molecular complexity index is 828. The summed E-state index contributed by atoms with van der Waals surface area (Å²) >= 11 is 6.50. The van der Waals surface area contributed by atoms with Crippen molar-refractivity contribution in [2.24, 2.45) is 0 Å². The number of aryl methyl sites for hydroxylation is 1. The van der Waals surface area contributed by atoms with E-state index in [2.05, 4.69) is 20.2 Å². The Hall–Kier alpha value is -2.42. The SMILES string of the molecule is Cc1cc(N2CCCOC[C@@H]2c2cc(NC(=O)CCO)ccc2Cl)nc(N)n1. The molecule has 0 saturated carbocycles. The number of nitrogens with one attached hydrogen (secondary N) is 1. The number of rotatable bonds is 5. The number of nitrogen functional groups attached to an aromatic ring is 1. The Labute approximate surface area is 168 Å². The maximum absolute atomic E-state index is 11.8. The van der Waals surface area contributed by atoms with Crippen LogP contribution in [-0.4, -0.2) is 47.3 Å². The molecule has 0 bridgehead atoms. The Kier molecular flexibility index (Phi) is 6.66. The van der Waals surface area contributed by atoms with Crippen molar-refractivity contribution in [1.29, 1.82) is 0 Å². The summed E-state index contributed by atoms with van der Waals surface area (Å²) in [6, 6.07) is 7.00. The average molecular weight is 406 g/mol. The van der Waals surface area contributed by atoms with Crippen LogP contribution < -0.4 is 16.0 Å². The van der Waals surface area contributed by atoms with Gasteiger partial charge in [0.25, 0.3) is 0 Å². The van der Waals surface area contributed by atoms with Crippen LogP contribution in [0.4, 0.5) is 17.5 Å². The zero-order valence-electron chi connectivity index (χ0n) is 15.7. The quantitative estimate of drug-likeness (QED) is 0.699. The number of nitrogens with two attached hydrogens (primary N) is 1. The van der Waals surface area contributed by atoms with Crippen molar-refractivity contribution in [3.63, 3.8) is 0 Å². The van der Waals surface area contributed by atoms with E-state index in [-0.39, 0.29) is 30.9 Å². The molecule has 8 nitrogen and oxygen atoms in total. The van der Waals surface area contributed by atoms with E-state index >= 15 is 0 Å². The van der Waals surface area contributed by atoms with Crippen molar-refractivity contribution >= 4 is 35.0 Å². The van der Waals surface area contributed by atoms with Crippen molar-refractivity contribution in [2.45, 2.75) is 25.8 Å². The lowest BCUT2D eigenvalue weighted by atomic mass is 10.0. The Morgan fingerprint density at radius 2 is 2.25 bits per heavy atom. The monoisotopic (exact) mass is 405 g/mol. The molecule has 0 unspecified atom stereocenters. The van der Waals surface area contributed by atoms with Crippen molar-refractivity contribution in [3.05, 3.63) is 40.5 Å². The van der Waals surface area contributed by atoms with Crippen LogP contribution >= 0.6 is 11.6 Å². The maximum Gasteiger partial charge on any atom is 0.226 e. The fourth-order valence-corrected chi connectivity index (χ4v) is 3.48. The van der Waals surface area contributed by atoms with Crippen LogP contribution in [0, 0.1) is 6.92 Å². The molecule has 1 fully saturated rings. The number of carbonyl (C=O) groups excluding carboxylic acids is 1. The first-order chi connectivity index (χ1) is 13.5. The van der Waals surface area contributed by atoms with Crippen LogP contribution in [0.2, 0.25) is 5.02 Å². The minimum atomic E-state index is -0.260. The van der Waals surface area contributed by atoms with E-state index in [9.17, 15) is 4.79 Å². The van der Waals surface area contributed by atoms with Gasteiger partial charge < -0.3 is 25.8 Å². The van der Waals surface area contributed by atoms with Crippen LogP contribution in [-0.2, 0) is 9.53 Å². The molecule has 4 N–H and O–H groups in total. The van der Waals surface area contributed by atoms with E-state index in [1.54, 1.807) is 12.1 Å². The minimum Gasteiger partial charge on any atom is -0.396 e. The van der Waals surface area contributed by atoms with E-state index in [0.717, 1.165) is 24.2 Å². The number of ether oxygens (including phenoxy) is 1. The van der Waals surface area contributed by atoms with Gasteiger partial charge in [0.2, 0.25) is 11.9 Å². The average Bonchev–Trinajstić information content (AvgIpc) is 2.88. The van der Waals surface area contributed by atoms with Gasteiger partial charge in [0.1, 0.15) is 5.82 Å². The molecule has 3 rings (SSSR count). The summed E-state index contributed by atoms with van der Waals surface area (Å²) in [6.45, 7) is 3.45. The standard InChI is InChI=1S/C19H24ClN5O3/c1-12-9-17(24-19(21)22-12)25-6-2-8-28-11-16(25)14-10-13(3-4-15(14)20)23-18(27)5-7-26/h3-4,9-10,16,26H,2,5-8,11H2,1H3,(H,23,27)(H2,21,22,24)/t16-/m1/s1. The highest BCUT2D eigenvalue weighted by Gasteiger charge is 2.27. The molecule has 1 aliphatic heterocycles. The molecule has 28 heavy (non-hydrogen) atoms. The number of aliphatic hydroxyl groups excluding tert-OH is 1. The second-order valence-electron chi connectivity index (χ2n) is 6.62. The molecule has 0 spiro atoms. The number of aliphatic hydroxyl groups is 1. The van der Waals surface area contributed by atoms with Crippen LogP contribution in [0.25, 0.3) is 0 Å². The molecule has 2 aromatic rings. The van der Waals surface area contributed by atoms with E-state index in [0.29, 0.717) is 29.7 Å². The van der Waals surface area contributed by atoms with E-state index in [1.165, 1.54) is 0 Å². The van der Waals surface area contributed by atoms with Crippen LogP contribution in [0.1, 0.15) is 30.1 Å². The zero-order valence-corrected chi connectivity index (χ0v) is 16.4. The van der Waals surface area contributed by atoms with Crippen molar-refractivity contribution in [3.8, 4) is 0 Å². The molecule has 1 aromatic carbocycles. The van der Waals surface area contributed by atoms with Crippen LogP contribution in [0.3, 0.4) is 0 Å². The lowest BCUT2D eigenvalue weighted by Crippen LogP contribution is -2.32. The van der Waals surface area contributed by atoms with Gasteiger partial charge in [0, 0.05) is 35.6 Å². The normalized spacial score (nSPS) is 17.2. The van der Waals surface area contributed by atoms with E-state index in [4.69, 9.17) is 27.2 Å². The predicted molar refractivity (Wildman–Crippen MR) is 108 cm³/mol. The summed E-state index contributed by atoms with van der Waals surface area (Å²) in [6.07, 6.45) is 0.875. The molecule has 0 radical (unpaired) electrons. The summed E-state index contributed by atoms with van der Waals surface area (Å²) in [7, 11) is 0. The number of anilines is 3. The molecule has 1 amide bonds. The van der Waals surface area contributed by atoms with Crippen molar-refractivity contribution in [2.75, 3.05) is 42.3 Å². The zero-order chi connectivity index (χ0) is 20.1. The molecule has 1 atom stereocenters. The first kappa shape index (κ1) is 20.3. The predicted octanol–water partition coefficient (Wildman–Crippen LogP) is 2.31. The first-order valence-electron chi connectivity index (χ1n) is 9.13. The molecule has 150 valence electrons. The highest BCUT2D eigenvalue weighted by Crippen LogP contribution is 2.34. The van der Waals surface area contributed by atoms with E-state index < -0.39 is 0 Å². The molecular formula is C19H24ClN5O3. The Morgan fingerprint density at radius 1 is 1.43 bits per heavy atom. The fraction of sp³-hybridized carbons (Fsp3) is 0.421. The Morgan fingerprint density at radius 3 is 3.00 bits per heavy atom.